The summed E-state index contributed by atoms with van der Waals surface area (Å²) in [5.74, 6) is 1.60. The van der Waals surface area contributed by atoms with Gasteiger partial charge in [0, 0.05) is 19.1 Å². The molecule has 128 valence electrons. The van der Waals surface area contributed by atoms with Crippen molar-refractivity contribution in [3.05, 3.63) is 23.8 Å². The van der Waals surface area contributed by atoms with E-state index < -0.39 is 0 Å². The van der Waals surface area contributed by atoms with Crippen molar-refractivity contribution in [2.24, 2.45) is 0 Å². The number of hydrogen-bond donors (Lipinski definition) is 0. The first kappa shape index (κ1) is 16.6. The van der Waals surface area contributed by atoms with Crippen LogP contribution in [0.3, 0.4) is 0 Å². The quantitative estimate of drug-likeness (QED) is 0.807. The van der Waals surface area contributed by atoms with E-state index in [0.717, 1.165) is 24.9 Å². The van der Waals surface area contributed by atoms with E-state index >= 15 is 0 Å². The Morgan fingerprint density at radius 3 is 2.22 bits per heavy atom. The summed E-state index contributed by atoms with van der Waals surface area (Å²) in [6.07, 6.45) is 4.18. The van der Waals surface area contributed by atoms with Gasteiger partial charge in [-0.2, -0.15) is 0 Å². The van der Waals surface area contributed by atoms with Crippen molar-refractivity contribution in [1.29, 1.82) is 0 Å². The topological polar surface area (TPSA) is 15.7 Å². The lowest BCUT2D eigenvalue weighted by Gasteiger charge is -2.43. The Hall–Kier alpha value is -1.22. The van der Waals surface area contributed by atoms with E-state index in [1.807, 2.05) is 0 Å². The van der Waals surface area contributed by atoms with E-state index in [4.69, 9.17) is 4.74 Å². The molecule has 2 aliphatic heterocycles. The van der Waals surface area contributed by atoms with E-state index in [2.05, 4.69) is 55.7 Å². The Labute approximate surface area is 141 Å². The zero-order chi connectivity index (χ0) is 16.4. The summed E-state index contributed by atoms with van der Waals surface area (Å²) >= 11 is 0. The molecule has 3 heteroatoms. The van der Waals surface area contributed by atoms with Crippen LogP contribution in [0.4, 0.5) is 5.69 Å². The largest absolute Gasteiger partial charge is 0.489 e. The van der Waals surface area contributed by atoms with Crippen molar-refractivity contribution in [3.8, 4) is 5.75 Å². The van der Waals surface area contributed by atoms with E-state index in [1.165, 1.54) is 43.6 Å². The molecule has 1 aromatic rings. The normalized spacial score (nSPS) is 20.2. The molecule has 2 fully saturated rings. The third-order valence-corrected chi connectivity index (χ3v) is 5.23. The number of ether oxygens (including phenoxy) is 1. The fraction of sp³-hybridized carbons (Fsp3) is 0.700. The van der Waals surface area contributed by atoms with Crippen molar-refractivity contribution in [2.75, 3.05) is 31.1 Å². The van der Waals surface area contributed by atoms with Gasteiger partial charge in [0.1, 0.15) is 5.75 Å². The molecule has 0 radical (unpaired) electrons. The highest BCUT2D eigenvalue weighted by Crippen LogP contribution is 2.35. The molecular weight excluding hydrogens is 284 g/mol. The predicted octanol–water partition coefficient (Wildman–Crippen LogP) is 4.27. The molecular formula is C20H32N2O. The SMILES string of the molecule is CC(C)Oc1cc(C(C)C)ccc1N1CCC(N2CCC2)CC1. The average Bonchev–Trinajstić information content (AvgIpc) is 2.45. The van der Waals surface area contributed by atoms with Crippen LogP contribution in [-0.4, -0.2) is 43.2 Å². The Morgan fingerprint density at radius 2 is 1.70 bits per heavy atom. The van der Waals surface area contributed by atoms with Gasteiger partial charge in [-0.05, 0) is 69.8 Å². The molecule has 0 N–H and O–H groups in total. The molecule has 0 spiro atoms. The van der Waals surface area contributed by atoms with Crippen LogP contribution in [0.25, 0.3) is 0 Å². The van der Waals surface area contributed by atoms with Crippen LogP contribution in [0.1, 0.15) is 58.4 Å². The lowest BCUT2D eigenvalue weighted by Crippen LogP contribution is -2.50. The standard InChI is InChI=1S/C20H32N2O/c1-15(2)17-6-7-19(20(14-17)23-16(3)4)22-12-8-18(9-13-22)21-10-5-11-21/h6-7,14-16,18H,5,8-13H2,1-4H3. The molecule has 3 rings (SSSR count). The highest BCUT2D eigenvalue weighted by Gasteiger charge is 2.28. The highest BCUT2D eigenvalue weighted by atomic mass is 16.5. The number of benzene rings is 1. The van der Waals surface area contributed by atoms with E-state index in [0.29, 0.717) is 5.92 Å². The van der Waals surface area contributed by atoms with Crippen LogP contribution in [0.5, 0.6) is 5.75 Å². The van der Waals surface area contributed by atoms with Crippen LogP contribution >= 0.6 is 0 Å². The second-order valence-electron chi connectivity index (χ2n) is 7.66. The van der Waals surface area contributed by atoms with Crippen molar-refractivity contribution in [2.45, 2.75) is 65.0 Å². The van der Waals surface area contributed by atoms with Crippen molar-refractivity contribution >= 4 is 5.69 Å². The first-order valence-electron chi connectivity index (χ1n) is 9.34. The molecule has 0 aromatic heterocycles. The van der Waals surface area contributed by atoms with Crippen LogP contribution in [0.2, 0.25) is 0 Å². The summed E-state index contributed by atoms with van der Waals surface area (Å²) in [6, 6.07) is 7.61. The van der Waals surface area contributed by atoms with Crippen LogP contribution in [-0.2, 0) is 0 Å². The molecule has 0 saturated carbocycles. The highest BCUT2D eigenvalue weighted by molar-refractivity contribution is 5.60. The third-order valence-electron chi connectivity index (χ3n) is 5.23. The maximum absolute atomic E-state index is 6.14. The summed E-state index contributed by atoms with van der Waals surface area (Å²) in [6.45, 7) is 13.6. The van der Waals surface area contributed by atoms with Gasteiger partial charge in [0.2, 0.25) is 0 Å². The smallest absolute Gasteiger partial charge is 0.143 e. The number of anilines is 1. The summed E-state index contributed by atoms with van der Waals surface area (Å²) in [4.78, 5) is 5.18. The number of hydrogen-bond acceptors (Lipinski definition) is 3. The maximum Gasteiger partial charge on any atom is 0.143 e. The van der Waals surface area contributed by atoms with Gasteiger partial charge in [-0.3, -0.25) is 0 Å². The molecule has 23 heavy (non-hydrogen) atoms. The fourth-order valence-corrected chi connectivity index (χ4v) is 3.68. The summed E-state index contributed by atoms with van der Waals surface area (Å²) < 4.78 is 6.14. The summed E-state index contributed by atoms with van der Waals surface area (Å²) in [5, 5.41) is 0. The van der Waals surface area contributed by atoms with Gasteiger partial charge in [-0.15, -0.1) is 0 Å². The van der Waals surface area contributed by atoms with E-state index in [-0.39, 0.29) is 6.10 Å². The zero-order valence-corrected chi connectivity index (χ0v) is 15.2. The molecule has 3 nitrogen and oxygen atoms in total. The van der Waals surface area contributed by atoms with Crippen LogP contribution < -0.4 is 9.64 Å². The minimum atomic E-state index is 0.217. The Morgan fingerprint density at radius 1 is 1.00 bits per heavy atom. The van der Waals surface area contributed by atoms with Gasteiger partial charge in [0.05, 0.1) is 11.8 Å². The molecule has 0 aliphatic carbocycles. The Balaban J connectivity index is 1.73. The number of piperidine rings is 1. The monoisotopic (exact) mass is 316 g/mol. The van der Waals surface area contributed by atoms with Gasteiger partial charge in [0.15, 0.2) is 0 Å². The van der Waals surface area contributed by atoms with Crippen LogP contribution in [0, 0.1) is 0 Å². The Bertz CT molecular complexity index is 514. The summed E-state index contributed by atoms with van der Waals surface area (Å²) in [7, 11) is 0. The molecule has 2 saturated heterocycles. The lowest BCUT2D eigenvalue weighted by atomic mass is 9.98. The molecule has 2 heterocycles. The average molecular weight is 316 g/mol. The van der Waals surface area contributed by atoms with Gasteiger partial charge in [-0.1, -0.05) is 19.9 Å². The van der Waals surface area contributed by atoms with E-state index in [1.54, 1.807) is 0 Å². The first-order valence-corrected chi connectivity index (χ1v) is 9.34. The van der Waals surface area contributed by atoms with Gasteiger partial charge in [0.25, 0.3) is 0 Å². The van der Waals surface area contributed by atoms with Gasteiger partial charge < -0.3 is 14.5 Å². The number of likely N-dealkylation sites (tertiary alicyclic amines) is 1. The molecule has 0 amide bonds. The summed E-state index contributed by atoms with van der Waals surface area (Å²) in [5.41, 5.74) is 2.64. The second kappa shape index (κ2) is 7.12. The Kier molecular flexibility index (Phi) is 5.15. The number of rotatable bonds is 5. The minimum absolute atomic E-state index is 0.217. The van der Waals surface area contributed by atoms with Crippen molar-refractivity contribution < 1.29 is 4.74 Å². The zero-order valence-electron chi connectivity index (χ0n) is 15.2. The van der Waals surface area contributed by atoms with Crippen LogP contribution in [0.15, 0.2) is 18.2 Å². The van der Waals surface area contributed by atoms with Gasteiger partial charge >= 0.3 is 0 Å². The van der Waals surface area contributed by atoms with E-state index in [9.17, 15) is 0 Å². The molecule has 2 aliphatic rings. The molecule has 0 unspecified atom stereocenters. The second-order valence-corrected chi connectivity index (χ2v) is 7.66. The molecule has 1 aromatic carbocycles. The fourth-order valence-electron chi connectivity index (χ4n) is 3.68. The van der Waals surface area contributed by atoms with Crippen molar-refractivity contribution in [1.82, 2.24) is 4.90 Å². The third kappa shape index (κ3) is 3.82. The number of nitrogens with zero attached hydrogens (tertiary/aromatic N) is 2. The minimum Gasteiger partial charge on any atom is -0.489 e. The van der Waals surface area contributed by atoms with Crippen molar-refractivity contribution in [3.63, 3.8) is 0 Å². The van der Waals surface area contributed by atoms with Gasteiger partial charge in [-0.25, -0.2) is 0 Å². The molecule has 0 atom stereocenters. The predicted molar refractivity (Wildman–Crippen MR) is 97.7 cm³/mol. The lowest BCUT2D eigenvalue weighted by molar-refractivity contribution is 0.1000. The maximum atomic E-state index is 6.14. The first-order chi connectivity index (χ1) is 11.0. The molecule has 0 bridgehead atoms.